The van der Waals surface area contributed by atoms with Gasteiger partial charge in [0.25, 0.3) is 0 Å². The fourth-order valence-corrected chi connectivity index (χ4v) is 2.83. The summed E-state index contributed by atoms with van der Waals surface area (Å²) in [7, 11) is 0. The van der Waals surface area contributed by atoms with Gasteiger partial charge in [-0.1, -0.05) is 25.7 Å². The molecule has 4 N–H and O–H groups in total. The number of hydrogen-bond acceptors (Lipinski definition) is 3. The van der Waals surface area contributed by atoms with Crippen molar-refractivity contribution >= 4 is 5.96 Å². The van der Waals surface area contributed by atoms with Crippen LogP contribution in [0, 0.1) is 0 Å². The number of hydrazine groups is 1. The molecule has 0 atom stereocenters. The van der Waals surface area contributed by atoms with E-state index in [1.807, 2.05) is 0 Å². The molecule has 5 heteroatoms. The summed E-state index contributed by atoms with van der Waals surface area (Å²) >= 11 is 0. The zero-order chi connectivity index (χ0) is 12.6. The Hall–Kier alpha value is -0.810. The number of nitrogens with one attached hydrogen (secondary N) is 2. The SMILES string of the molecule is NNC(=NCCOC1CCCC1)NC1CCCC1. The molecule has 0 aromatic heterocycles. The molecule has 2 rings (SSSR count). The molecule has 0 aromatic carbocycles. The van der Waals surface area contributed by atoms with E-state index in [2.05, 4.69) is 15.7 Å². The number of guanidine groups is 1. The van der Waals surface area contributed by atoms with E-state index in [0.717, 1.165) is 0 Å². The Balaban J connectivity index is 1.61. The van der Waals surface area contributed by atoms with Crippen molar-refractivity contribution in [3.8, 4) is 0 Å². The Morgan fingerprint density at radius 2 is 1.78 bits per heavy atom. The summed E-state index contributed by atoms with van der Waals surface area (Å²) in [6.07, 6.45) is 10.6. The van der Waals surface area contributed by atoms with E-state index in [4.69, 9.17) is 10.6 Å². The molecule has 0 amide bonds. The van der Waals surface area contributed by atoms with Crippen molar-refractivity contribution in [3.63, 3.8) is 0 Å². The standard InChI is InChI=1S/C13H26N4O/c14-17-13(16-11-5-1-2-6-11)15-9-10-18-12-7-3-4-8-12/h11-12H,1-10,14H2,(H2,15,16,17). The molecule has 2 aliphatic carbocycles. The quantitative estimate of drug-likeness (QED) is 0.227. The molecule has 2 aliphatic rings. The smallest absolute Gasteiger partial charge is 0.206 e. The predicted molar refractivity (Wildman–Crippen MR) is 73.2 cm³/mol. The van der Waals surface area contributed by atoms with Gasteiger partial charge < -0.3 is 10.1 Å². The molecule has 0 spiro atoms. The van der Waals surface area contributed by atoms with E-state index in [-0.39, 0.29) is 0 Å². The predicted octanol–water partition coefficient (Wildman–Crippen LogP) is 1.30. The van der Waals surface area contributed by atoms with Gasteiger partial charge >= 0.3 is 0 Å². The van der Waals surface area contributed by atoms with Crippen molar-refractivity contribution in [3.05, 3.63) is 0 Å². The zero-order valence-electron chi connectivity index (χ0n) is 11.2. The lowest BCUT2D eigenvalue weighted by Crippen LogP contribution is -2.45. The lowest BCUT2D eigenvalue weighted by molar-refractivity contribution is 0.0643. The second-order valence-corrected chi connectivity index (χ2v) is 5.28. The molecule has 104 valence electrons. The minimum atomic E-state index is 0.470. The first kappa shape index (κ1) is 13.6. The average molecular weight is 254 g/mol. The van der Waals surface area contributed by atoms with E-state index in [9.17, 15) is 0 Å². The van der Waals surface area contributed by atoms with Crippen LogP contribution in [0.1, 0.15) is 51.4 Å². The molecular weight excluding hydrogens is 228 g/mol. The number of nitrogens with zero attached hydrogens (tertiary/aromatic N) is 1. The molecule has 0 saturated heterocycles. The third-order valence-electron chi connectivity index (χ3n) is 3.85. The molecular formula is C13H26N4O. The van der Waals surface area contributed by atoms with Gasteiger partial charge in [-0.15, -0.1) is 0 Å². The molecule has 0 aliphatic heterocycles. The fraction of sp³-hybridized carbons (Fsp3) is 0.923. The minimum absolute atomic E-state index is 0.470. The van der Waals surface area contributed by atoms with E-state index >= 15 is 0 Å². The zero-order valence-corrected chi connectivity index (χ0v) is 11.2. The summed E-state index contributed by atoms with van der Waals surface area (Å²) < 4.78 is 5.76. The van der Waals surface area contributed by atoms with Crippen LogP contribution in [0.3, 0.4) is 0 Å². The summed E-state index contributed by atoms with van der Waals surface area (Å²) in [6, 6.07) is 0.538. The van der Waals surface area contributed by atoms with Crippen LogP contribution in [-0.2, 0) is 4.74 Å². The Morgan fingerprint density at radius 1 is 1.11 bits per heavy atom. The lowest BCUT2D eigenvalue weighted by Gasteiger charge is -2.15. The van der Waals surface area contributed by atoms with Crippen molar-refractivity contribution in [2.45, 2.75) is 63.5 Å². The topological polar surface area (TPSA) is 71.7 Å². The van der Waals surface area contributed by atoms with Gasteiger partial charge in [-0.3, -0.25) is 5.43 Å². The first-order valence-corrected chi connectivity index (χ1v) is 7.27. The maximum absolute atomic E-state index is 5.76. The first-order valence-electron chi connectivity index (χ1n) is 7.27. The number of rotatable bonds is 5. The number of ether oxygens (including phenoxy) is 1. The van der Waals surface area contributed by atoms with Crippen molar-refractivity contribution < 1.29 is 4.74 Å². The highest BCUT2D eigenvalue weighted by atomic mass is 16.5. The second-order valence-electron chi connectivity index (χ2n) is 5.28. The van der Waals surface area contributed by atoms with Gasteiger partial charge in [0.2, 0.25) is 5.96 Å². The van der Waals surface area contributed by atoms with Crippen LogP contribution >= 0.6 is 0 Å². The molecule has 18 heavy (non-hydrogen) atoms. The summed E-state index contributed by atoms with van der Waals surface area (Å²) in [5.74, 6) is 6.18. The summed E-state index contributed by atoms with van der Waals surface area (Å²) in [5, 5.41) is 3.35. The van der Waals surface area contributed by atoms with Gasteiger partial charge in [0, 0.05) is 6.04 Å². The van der Waals surface area contributed by atoms with E-state index in [1.165, 1.54) is 51.4 Å². The monoisotopic (exact) mass is 254 g/mol. The molecule has 0 bridgehead atoms. The van der Waals surface area contributed by atoms with Crippen LogP contribution < -0.4 is 16.6 Å². The highest BCUT2D eigenvalue weighted by molar-refractivity contribution is 5.79. The normalized spacial score (nSPS) is 22.6. The van der Waals surface area contributed by atoms with Crippen LogP contribution in [-0.4, -0.2) is 31.3 Å². The molecule has 0 radical (unpaired) electrons. The largest absolute Gasteiger partial charge is 0.376 e. The van der Waals surface area contributed by atoms with E-state index < -0.39 is 0 Å². The Kier molecular flexibility index (Phi) is 5.74. The Morgan fingerprint density at radius 3 is 2.44 bits per heavy atom. The van der Waals surface area contributed by atoms with Gasteiger partial charge in [0.05, 0.1) is 19.3 Å². The van der Waals surface area contributed by atoms with Crippen LogP contribution in [0.4, 0.5) is 0 Å². The van der Waals surface area contributed by atoms with Crippen LogP contribution in [0.25, 0.3) is 0 Å². The van der Waals surface area contributed by atoms with Crippen LogP contribution in [0.15, 0.2) is 4.99 Å². The lowest BCUT2D eigenvalue weighted by atomic mass is 10.2. The third kappa shape index (κ3) is 4.46. The van der Waals surface area contributed by atoms with Crippen molar-refractivity contribution in [1.82, 2.24) is 10.7 Å². The van der Waals surface area contributed by atoms with Crippen molar-refractivity contribution in [2.24, 2.45) is 10.8 Å². The van der Waals surface area contributed by atoms with Gasteiger partial charge in [0.15, 0.2) is 0 Å². The molecule has 2 saturated carbocycles. The number of hydrogen-bond donors (Lipinski definition) is 3. The highest BCUT2D eigenvalue weighted by Crippen LogP contribution is 2.20. The third-order valence-corrected chi connectivity index (χ3v) is 3.85. The maximum Gasteiger partial charge on any atom is 0.206 e. The summed E-state index contributed by atoms with van der Waals surface area (Å²) in [5.41, 5.74) is 2.64. The average Bonchev–Trinajstić information content (AvgIpc) is 3.06. The van der Waals surface area contributed by atoms with Gasteiger partial charge in [-0.25, -0.2) is 10.8 Å². The van der Waals surface area contributed by atoms with E-state index in [0.29, 0.717) is 31.3 Å². The molecule has 0 unspecified atom stereocenters. The Bertz CT molecular complexity index is 258. The van der Waals surface area contributed by atoms with E-state index in [1.54, 1.807) is 0 Å². The maximum atomic E-state index is 5.76. The van der Waals surface area contributed by atoms with Gasteiger partial charge in [0.1, 0.15) is 0 Å². The van der Waals surface area contributed by atoms with Gasteiger partial charge in [-0.05, 0) is 25.7 Å². The molecule has 5 nitrogen and oxygen atoms in total. The molecule has 0 aromatic rings. The molecule has 2 fully saturated rings. The number of aliphatic imine (C=N–C) groups is 1. The second kappa shape index (κ2) is 7.59. The fourth-order valence-electron chi connectivity index (χ4n) is 2.83. The molecule has 0 heterocycles. The highest BCUT2D eigenvalue weighted by Gasteiger charge is 2.16. The summed E-state index contributed by atoms with van der Waals surface area (Å²) in [4.78, 5) is 4.41. The van der Waals surface area contributed by atoms with Crippen molar-refractivity contribution in [2.75, 3.05) is 13.2 Å². The van der Waals surface area contributed by atoms with Crippen LogP contribution in [0.2, 0.25) is 0 Å². The van der Waals surface area contributed by atoms with Crippen molar-refractivity contribution in [1.29, 1.82) is 0 Å². The van der Waals surface area contributed by atoms with Gasteiger partial charge in [-0.2, -0.15) is 0 Å². The van der Waals surface area contributed by atoms with Crippen LogP contribution in [0.5, 0.6) is 0 Å². The first-order chi connectivity index (χ1) is 8.88. The number of nitrogens with two attached hydrogens (primary N) is 1. The Labute approximate surface area is 110 Å². The minimum Gasteiger partial charge on any atom is -0.376 e. The summed E-state index contributed by atoms with van der Waals surface area (Å²) in [6.45, 7) is 1.37.